The first-order chi connectivity index (χ1) is 10.0. The molecule has 1 aromatic carbocycles. The van der Waals surface area contributed by atoms with E-state index >= 15 is 0 Å². The van der Waals surface area contributed by atoms with Gasteiger partial charge in [0.05, 0.1) is 10.6 Å². The highest BCUT2D eigenvalue weighted by molar-refractivity contribution is 7.09. The molecule has 1 unspecified atom stereocenters. The Labute approximate surface area is 126 Å². The van der Waals surface area contributed by atoms with Crippen molar-refractivity contribution in [1.29, 1.82) is 0 Å². The van der Waals surface area contributed by atoms with Gasteiger partial charge in [-0.15, -0.1) is 11.3 Å². The topological polar surface area (TPSA) is 24.9 Å². The summed E-state index contributed by atoms with van der Waals surface area (Å²) in [5.41, 5.74) is 0.237. The largest absolute Gasteiger partial charge is 0.416 e. The molecule has 1 aromatic heterocycles. The molecular weight excluding hydrogens is 297 g/mol. The Bertz CT molecular complexity index is 535. The molecule has 0 aliphatic rings. The Hall–Kier alpha value is -1.40. The van der Waals surface area contributed by atoms with Crippen LogP contribution < -0.4 is 5.32 Å². The zero-order valence-corrected chi connectivity index (χ0v) is 12.5. The highest BCUT2D eigenvalue weighted by Gasteiger charge is 2.30. The lowest BCUT2D eigenvalue weighted by Crippen LogP contribution is -2.24. The van der Waals surface area contributed by atoms with Crippen molar-refractivity contribution in [1.82, 2.24) is 10.3 Å². The first-order valence-corrected chi connectivity index (χ1v) is 7.67. The number of rotatable bonds is 6. The van der Waals surface area contributed by atoms with Crippen LogP contribution in [0.3, 0.4) is 0 Å². The van der Waals surface area contributed by atoms with E-state index in [9.17, 15) is 13.2 Å². The molecule has 0 saturated heterocycles. The maximum absolute atomic E-state index is 12.6. The second-order valence-electron chi connectivity index (χ2n) is 4.76. The minimum absolute atomic E-state index is 0.0154. The van der Waals surface area contributed by atoms with Crippen molar-refractivity contribution in [2.45, 2.75) is 32.0 Å². The minimum atomic E-state index is -4.29. The van der Waals surface area contributed by atoms with E-state index in [0.29, 0.717) is 6.42 Å². The molecule has 0 radical (unpaired) electrons. The molecule has 2 aromatic rings. The van der Waals surface area contributed by atoms with Gasteiger partial charge in [0.25, 0.3) is 0 Å². The van der Waals surface area contributed by atoms with Crippen LogP contribution in [0, 0.1) is 0 Å². The standard InChI is InChI=1S/C15H17F3N2S/c1-2-7-19-13(10-14-20-8-9-21-14)11-3-5-12(6-4-11)15(16,17)18/h3-6,8-9,13,19H,2,7,10H2,1H3. The second kappa shape index (κ2) is 7.04. The molecule has 0 spiro atoms. The summed E-state index contributed by atoms with van der Waals surface area (Å²) in [5, 5.41) is 6.24. The Morgan fingerprint density at radius 2 is 1.95 bits per heavy atom. The molecule has 1 N–H and O–H groups in total. The van der Waals surface area contributed by atoms with Gasteiger partial charge in [0, 0.05) is 24.0 Å². The van der Waals surface area contributed by atoms with Crippen LogP contribution in [0.2, 0.25) is 0 Å². The second-order valence-corrected chi connectivity index (χ2v) is 5.74. The van der Waals surface area contributed by atoms with Crippen LogP contribution in [0.4, 0.5) is 13.2 Å². The van der Waals surface area contributed by atoms with Gasteiger partial charge in [-0.05, 0) is 30.7 Å². The fourth-order valence-electron chi connectivity index (χ4n) is 2.06. The van der Waals surface area contributed by atoms with Crippen LogP contribution in [-0.2, 0) is 12.6 Å². The summed E-state index contributed by atoms with van der Waals surface area (Å²) < 4.78 is 37.8. The van der Waals surface area contributed by atoms with Gasteiger partial charge in [0.15, 0.2) is 0 Å². The lowest BCUT2D eigenvalue weighted by atomic mass is 10.0. The highest BCUT2D eigenvalue weighted by Crippen LogP contribution is 2.30. The van der Waals surface area contributed by atoms with Crippen molar-refractivity contribution < 1.29 is 13.2 Å². The average Bonchev–Trinajstić information content (AvgIpc) is 2.95. The summed E-state index contributed by atoms with van der Waals surface area (Å²) in [6, 6.07) is 5.35. The molecule has 114 valence electrons. The van der Waals surface area contributed by atoms with Crippen molar-refractivity contribution in [3.63, 3.8) is 0 Å². The molecule has 0 saturated carbocycles. The fraction of sp³-hybridized carbons (Fsp3) is 0.400. The van der Waals surface area contributed by atoms with E-state index < -0.39 is 11.7 Å². The Morgan fingerprint density at radius 1 is 1.24 bits per heavy atom. The number of alkyl halides is 3. The Balaban J connectivity index is 2.15. The smallest absolute Gasteiger partial charge is 0.310 e. The highest BCUT2D eigenvalue weighted by atomic mass is 32.1. The summed E-state index contributed by atoms with van der Waals surface area (Å²) in [6.07, 6.45) is -0.901. The molecule has 1 heterocycles. The average molecular weight is 314 g/mol. The number of benzene rings is 1. The maximum atomic E-state index is 12.6. The molecule has 2 nitrogen and oxygen atoms in total. The number of halogens is 3. The van der Waals surface area contributed by atoms with Crippen LogP contribution in [0.5, 0.6) is 0 Å². The van der Waals surface area contributed by atoms with Crippen LogP contribution in [0.15, 0.2) is 35.8 Å². The Morgan fingerprint density at radius 3 is 2.48 bits per heavy atom. The molecule has 0 aliphatic carbocycles. The van der Waals surface area contributed by atoms with Crippen molar-refractivity contribution in [3.05, 3.63) is 52.0 Å². The van der Waals surface area contributed by atoms with E-state index in [4.69, 9.17) is 0 Å². The number of aromatic nitrogens is 1. The first-order valence-electron chi connectivity index (χ1n) is 6.79. The van der Waals surface area contributed by atoms with Crippen molar-refractivity contribution in [3.8, 4) is 0 Å². The molecular formula is C15H17F3N2S. The van der Waals surface area contributed by atoms with E-state index in [1.165, 1.54) is 0 Å². The van der Waals surface area contributed by atoms with Gasteiger partial charge in [-0.2, -0.15) is 13.2 Å². The predicted molar refractivity (Wildman–Crippen MR) is 78.3 cm³/mol. The third-order valence-corrected chi connectivity index (χ3v) is 3.95. The quantitative estimate of drug-likeness (QED) is 0.852. The summed E-state index contributed by atoms with van der Waals surface area (Å²) >= 11 is 1.56. The van der Waals surface area contributed by atoms with Crippen LogP contribution >= 0.6 is 11.3 Å². The van der Waals surface area contributed by atoms with Gasteiger partial charge in [-0.3, -0.25) is 0 Å². The van der Waals surface area contributed by atoms with Gasteiger partial charge in [-0.1, -0.05) is 19.1 Å². The molecule has 1 atom stereocenters. The first kappa shape index (κ1) is 16.0. The fourth-order valence-corrected chi connectivity index (χ4v) is 2.72. The molecule has 2 rings (SSSR count). The monoisotopic (exact) mass is 314 g/mol. The van der Waals surface area contributed by atoms with Crippen LogP contribution in [-0.4, -0.2) is 11.5 Å². The predicted octanol–water partition coefficient (Wildman–Crippen LogP) is 4.45. The molecule has 0 bridgehead atoms. The molecule has 0 fully saturated rings. The molecule has 6 heteroatoms. The summed E-state index contributed by atoms with van der Waals surface area (Å²) in [7, 11) is 0. The van der Waals surface area contributed by atoms with E-state index in [-0.39, 0.29) is 6.04 Å². The summed E-state index contributed by atoms with van der Waals surface area (Å²) in [5.74, 6) is 0. The molecule has 21 heavy (non-hydrogen) atoms. The Kier molecular flexibility index (Phi) is 5.36. The van der Waals surface area contributed by atoms with Crippen molar-refractivity contribution in [2.24, 2.45) is 0 Å². The lowest BCUT2D eigenvalue weighted by molar-refractivity contribution is -0.137. The van der Waals surface area contributed by atoms with Gasteiger partial charge in [-0.25, -0.2) is 4.98 Å². The van der Waals surface area contributed by atoms with Gasteiger partial charge < -0.3 is 5.32 Å². The number of nitrogens with zero attached hydrogens (tertiary/aromatic N) is 1. The van der Waals surface area contributed by atoms with Gasteiger partial charge in [0.1, 0.15) is 0 Å². The molecule has 0 amide bonds. The number of nitrogens with one attached hydrogen (secondary N) is 1. The number of hydrogen-bond donors (Lipinski definition) is 1. The number of hydrogen-bond acceptors (Lipinski definition) is 3. The minimum Gasteiger partial charge on any atom is -0.310 e. The van der Waals surface area contributed by atoms with Gasteiger partial charge in [0.2, 0.25) is 0 Å². The van der Waals surface area contributed by atoms with Crippen molar-refractivity contribution >= 4 is 11.3 Å². The van der Waals surface area contributed by atoms with E-state index in [2.05, 4.69) is 17.2 Å². The summed E-state index contributed by atoms with van der Waals surface area (Å²) in [6.45, 7) is 2.87. The van der Waals surface area contributed by atoms with E-state index in [0.717, 1.165) is 35.7 Å². The SMILES string of the molecule is CCCNC(Cc1nccs1)c1ccc(C(F)(F)F)cc1. The zero-order valence-electron chi connectivity index (χ0n) is 11.7. The molecule has 0 aliphatic heterocycles. The normalized spacial score (nSPS) is 13.3. The van der Waals surface area contributed by atoms with Gasteiger partial charge >= 0.3 is 6.18 Å². The third kappa shape index (κ3) is 4.54. The zero-order chi connectivity index (χ0) is 15.3. The van der Waals surface area contributed by atoms with E-state index in [1.807, 2.05) is 5.38 Å². The lowest BCUT2D eigenvalue weighted by Gasteiger charge is -2.18. The van der Waals surface area contributed by atoms with Crippen LogP contribution in [0.25, 0.3) is 0 Å². The maximum Gasteiger partial charge on any atom is 0.416 e. The van der Waals surface area contributed by atoms with Crippen LogP contribution in [0.1, 0.15) is 35.5 Å². The summed E-state index contributed by atoms with van der Waals surface area (Å²) in [4.78, 5) is 4.24. The number of thiazole rings is 1. The third-order valence-electron chi connectivity index (χ3n) is 3.14. The van der Waals surface area contributed by atoms with Crippen molar-refractivity contribution in [2.75, 3.05) is 6.54 Å². The van der Waals surface area contributed by atoms with E-state index in [1.54, 1.807) is 29.7 Å².